The lowest BCUT2D eigenvalue weighted by molar-refractivity contribution is -0.384. The van der Waals surface area contributed by atoms with Crippen molar-refractivity contribution in [1.82, 2.24) is 5.32 Å². The number of nitrogens with one attached hydrogen (secondary N) is 2. The molecule has 0 unspecified atom stereocenters. The molecule has 2 N–H and O–H groups in total. The van der Waals surface area contributed by atoms with Gasteiger partial charge >= 0.3 is 5.63 Å². The van der Waals surface area contributed by atoms with Crippen molar-refractivity contribution in [2.24, 2.45) is 0 Å². The van der Waals surface area contributed by atoms with Crippen LogP contribution in [0.4, 0.5) is 17.1 Å². The van der Waals surface area contributed by atoms with E-state index < -0.39 is 10.5 Å². The molecule has 8 heteroatoms. The Balaban J connectivity index is 2.26. The summed E-state index contributed by atoms with van der Waals surface area (Å²) in [5.74, 6) is -0.0282. The van der Waals surface area contributed by atoms with Crippen molar-refractivity contribution >= 4 is 34.0 Å². The topological polar surface area (TPSA) is 112 Å². The van der Waals surface area contributed by atoms with Crippen LogP contribution in [0.15, 0.2) is 63.8 Å². The van der Waals surface area contributed by atoms with Crippen molar-refractivity contribution in [1.29, 1.82) is 5.41 Å². The van der Waals surface area contributed by atoms with Gasteiger partial charge < -0.3 is 9.73 Å². The summed E-state index contributed by atoms with van der Waals surface area (Å²) in [6, 6.07) is 14.0. The van der Waals surface area contributed by atoms with Crippen LogP contribution in [-0.2, 0) is 0 Å². The molecule has 0 aliphatic heterocycles. The van der Waals surface area contributed by atoms with Crippen LogP contribution in [0.25, 0.3) is 11.0 Å². The number of nitro groups is 1. The molecule has 0 saturated carbocycles. The normalized spacial score (nSPS) is 10.4. The van der Waals surface area contributed by atoms with Crippen molar-refractivity contribution < 1.29 is 9.34 Å². The van der Waals surface area contributed by atoms with E-state index in [0.717, 1.165) is 0 Å². The third kappa shape index (κ3) is 3.05. The Morgan fingerprint density at radius 1 is 1.20 bits per heavy atom. The number of nitrogens with zero attached hydrogens (tertiary/aromatic N) is 2. The summed E-state index contributed by atoms with van der Waals surface area (Å²) < 4.78 is 5.31. The zero-order valence-electron chi connectivity index (χ0n) is 13.2. The lowest BCUT2D eigenvalue weighted by atomic mass is 10.1. The highest BCUT2D eigenvalue weighted by molar-refractivity contribution is 6.06. The second kappa shape index (κ2) is 6.44. The maximum Gasteiger partial charge on any atom is 0.336 e. The maximum absolute atomic E-state index is 11.6. The van der Waals surface area contributed by atoms with Crippen molar-refractivity contribution in [2.75, 3.05) is 11.9 Å². The molecule has 1 heterocycles. The summed E-state index contributed by atoms with van der Waals surface area (Å²) in [5, 5.41) is 22.7. The molecule has 0 radical (unpaired) electrons. The van der Waals surface area contributed by atoms with E-state index in [1.54, 1.807) is 37.4 Å². The summed E-state index contributed by atoms with van der Waals surface area (Å²) in [6.07, 6.45) is 0. The molecule has 0 bridgehead atoms. The molecule has 0 spiro atoms. The zero-order valence-corrected chi connectivity index (χ0v) is 13.2. The van der Waals surface area contributed by atoms with Gasteiger partial charge in [0.1, 0.15) is 0 Å². The Kier molecular flexibility index (Phi) is 4.17. The van der Waals surface area contributed by atoms with Gasteiger partial charge in [-0.3, -0.25) is 20.4 Å². The lowest BCUT2D eigenvalue weighted by Crippen LogP contribution is -2.35. The third-order valence-corrected chi connectivity index (χ3v) is 3.63. The minimum absolute atomic E-state index is 0.0282. The van der Waals surface area contributed by atoms with E-state index in [2.05, 4.69) is 5.32 Å². The van der Waals surface area contributed by atoms with Crippen molar-refractivity contribution in [3.63, 3.8) is 0 Å². The highest BCUT2D eigenvalue weighted by atomic mass is 16.6. The molecule has 0 aliphatic carbocycles. The third-order valence-electron chi connectivity index (χ3n) is 3.63. The number of guanidine groups is 1. The van der Waals surface area contributed by atoms with Gasteiger partial charge in [-0.15, -0.1) is 0 Å². The first kappa shape index (κ1) is 16.2. The SMILES string of the molecule is CNC(=N)N(c1cccc([N+](=O)[O-])c1)c1cccc2ccc(=O)oc12. The number of nitro benzene ring substituents is 1. The maximum atomic E-state index is 11.6. The molecule has 0 saturated heterocycles. The first-order valence-electron chi connectivity index (χ1n) is 7.35. The lowest BCUT2D eigenvalue weighted by Gasteiger charge is -2.25. The van der Waals surface area contributed by atoms with Gasteiger partial charge in [-0.2, -0.15) is 0 Å². The van der Waals surface area contributed by atoms with Crippen LogP contribution in [0, 0.1) is 15.5 Å². The summed E-state index contributed by atoms with van der Waals surface area (Å²) in [5.41, 5.74) is 0.493. The molecule has 0 amide bonds. The fourth-order valence-corrected chi connectivity index (χ4v) is 2.50. The number of rotatable bonds is 3. The highest BCUT2D eigenvalue weighted by Gasteiger charge is 2.20. The minimum Gasteiger partial charge on any atom is -0.420 e. The number of hydrogen-bond donors (Lipinski definition) is 2. The number of non-ortho nitro benzene ring substituents is 1. The number of fused-ring (bicyclic) bond motifs is 1. The van der Waals surface area contributed by atoms with Gasteiger partial charge in [0.15, 0.2) is 11.5 Å². The van der Waals surface area contributed by atoms with E-state index in [-0.39, 0.29) is 11.6 Å². The number of hydrogen-bond acceptors (Lipinski definition) is 5. The quantitative estimate of drug-likeness (QED) is 0.250. The Hall–Kier alpha value is -3.68. The van der Waals surface area contributed by atoms with Crippen LogP contribution in [0.5, 0.6) is 0 Å². The van der Waals surface area contributed by atoms with Gasteiger partial charge in [-0.1, -0.05) is 18.2 Å². The zero-order chi connectivity index (χ0) is 18.0. The molecule has 0 fully saturated rings. The molecule has 8 nitrogen and oxygen atoms in total. The molecule has 0 aliphatic rings. The number of para-hydroxylation sites is 1. The Bertz CT molecular complexity index is 1030. The first-order valence-corrected chi connectivity index (χ1v) is 7.35. The van der Waals surface area contributed by atoms with Gasteiger partial charge in [0.2, 0.25) is 0 Å². The summed E-state index contributed by atoms with van der Waals surface area (Å²) >= 11 is 0. The standard InChI is InChI=1S/C17H14N4O4/c1-19-17(18)20(12-5-3-6-13(10-12)21(23)24)14-7-2-4-11-8-9-15(22)25-16(11)14/h2-10H,1H3,(H2,18,19). The van der Waals surface area contributed by atoms with Gasteiger partial charge in [-0.25, -0.2) is 4.79 Å². The minimum atomic E-state index is -0.519. The van der Waals surface area contributed by atoms with Crippen molar-refractivity contribution in [3.8, 4) is 0 Å². The van der Waals surface area contributed by atoms with E-state index in [0.29, 0.717) is 22.3 Å². The number of benzene rings is 2. The van der Waals surface area contributed by atoms with E-state index >= 15 is 0 Å². The van der Waals surface area contributed by atoms with Crippen LogP contribution in [0.2, 0.25) is 0 Å². The molecular formula is C17H14N4O4. The molecule has 0 atom stereocenters. The highest BCUT2D eigenvalue weighted by Crippen LogP contribution is 2.33. The average molecular weight is 338 g/mol. The first-order chi connectivity index (χ1) is 12.0. The second-order valence-electron chi connectivity index (χ2n) is 5.16. The van der Waals surface area contributed by atoms with Crippen LogP contribution in [-0.4, -0.2) is 17.9 Å². The second-order valence-corrected chi connectivity index (χ2v) is 5.16. The molecule has 126 valence electrons. The molecular weight excluding hydrogens is 324 g/mol. The fraction of sp³-hybridized carbons (Fsp3) is 0.0588. The molecule has 3 aromatic rings. The van der Waals surface area contributed by atoms with Gasteiger partial charge in [-0.05, 0) is 18.2 Å². The fourth-order valence-electron chi connectivity index (χ4n) is 2.50. The van der Waals surface area contributed by atoms with Crippen molar-refractivity contribution in [3.05, 3.63) is 75.1 Å². The van der Waals surface area contributed by atoms with Gasteiger partial charge in [0.25, 0.3) is 5.69 Å². The van der Waals surface area contributed by atoms with E-state index in [1.165, 1.54) is 29.2 Å². The molecule has 3 rings (SSSR count). The summed E-state index contributed by atoms with van der Waals surface area (Å²) in [4.78, 5) is 23.6. The van der Waals surface area contributed by atoms with E-state index in [1.807, 2.05) is 0 Å². The summed E-state index contributed by atoms with van der Waals surface area (Å²) in [6.45, 7) is 0. The monoisotopic (exact) mass is 338 g/mol. The Morgan fingerprint density at radius 3 is 2.68 bits per heavy atom. The Labute approximate surface area is 142 Å². The Morgan fingerprint density at radius 2 is 1.96 bits per heavy atom. The van der Waals surface area contributed by atoms with Crippen LogP contribution in [0.1, 0.15) is 0 Å². The van der Waals surface area contributed by atoms with Crippen LogP contribution >= 0.6 is 0 Å². The van der Waals surface area contributed by atoms with Crippen LogP contribution < -0.4 is 15.8 Å². The number of anilines is 2. The van der Waals surface area contributed by atoms with Gasteiger partial charge in [0.05, 0.1) is 16.3 Å². The van der Waals surface area contributed by atoms with Gasteiger partial charge in [0, 0.05) is 30.6 Å². The van der Waals surface area contributed by atoms with E-state index in [4.69, 9.17) is 9.83 Å². The molecule has 2 aromatic carbocycles. The molecule has 1 aromatic heterocycles. The predicted molar refractivity (Wildman–Crippen MR) is 94.5 cm³/mol. The molecule has 25 heavy (non-hydrogen) atoms. The van der Waals surface area contributed by atoms with Crippen molar-refractivity contribution in [2.45, 2.75) is 0 Å². The predicted octanol–water partition coefficient (Wildman–Crippen LogP) is 2.99. The van der Waals surface area contributed by atoms with Crippen LogP contribution in [0.3, 0.4) is 0 Å². The summed E-state index contributed by atoms with van der Waals surface area (Å²) in [7, 11) is 1.56. The largest absolute Gasteiger partial charge is 0.420 e. The smallest absolute Gasteiger partial charge is 0.336 e. The average Bonchev–Trinajstić information content (AvgIpc) is 2.62. The van der Waals surface area contributed by atoms with E-state index in [9.17, 15) is 14.9 Å².